The Hall–Kier alpha value is -1.14. The maximum Gasteiger partial charge on any atom is 0.238 e. The van der Waals surface area contributed by atoms with Gasteiger partial charge in [0.15, 0.2) is 0 Å². The maximum absolute atomic E-state index is 13.3. The zero-order chi connectivity index (χ0) is 13.0. The molecule has 0 radical (unpaired) electrons. The van der Waals surface area contributed by atoms with E-state index in [2.05, 4.69) is 10.6 Å². The quantitative estimate of drug-likeness (QED) is 0.867. The lowest BCUT2D eigenvalue weighted by atomic mass is 10.1. The van der Waals surface area contributed by atoms with Gasteiger partial charge in [-0.05, 0) is 30.2 Å². The second-order valence-corrected chi connectivity index (χ2v) is 5.08. The molecule has 1 atom stereocenters. The highest BCUT2D eigenvalue weighted by atomic mass is 32.2. The lowest BCUT2D eigenvalue weighted by Crippen LogP contribution is -2.42. The summed E-state index contributed by atoms with van der Waals surface area (Å²) >= 11 is 1.66. The molecule has 1 aromatic carbocycles. The summed E-state index contributed by atoms with van der Waals surface area (Å²) in [4.78, 5) is 11.6. The SMILES string of the molecule is O=C(NCCc1cc(F)ccc1F)C1CSCN1. The standard InChI is InChI=1S/C12H14F2N2OS/c13-9-1-2-10(14)8(5-9)3-4-15-12(17)11-6-18-7-16-11/h1-2,5,11,16H,3-4,6-7H2,(H,15,17). The predicted molar refractivity (Wildman–Crippen MR) is 67.3 cm³/mol. The van der Waals surface area contributed by atoms with Crippen molar-refractivity contribution < 1.29 is 13.6 Å². The zero-order valence-electron chi connectivity index (χ0n) is 9.71. The Labute approximate surface area is 108 Å². The first-order valence-electron chi connectivity index (χ1n) is 5.69. The van der Waals surface area contributed by atoms with Gasteiger partial charge in [0.1, 0.15) is 11.6 Å². The summed E-state index contributed by atoms with van der Waals surface area (Å²) in [7, 11) is 0. The molecule has 1 heterocycles. The minimum atomic E-state index is -0.466. The molecular formula is C12H14F2N2OS. The molecule has 2 rings (SSSR count). The van der Waals surface area contributed by atoms with Gasteiger partial charge >= 0.3 is 0 Å². The molecule has 0 aliphatic carbocycles. The molecule has 18 heavy (non-hydrogen) atoms. The first kappa shape index (κ1) is 13.3. The van der Waals surface area contributed by atoms with Gasteiger partial charge in [0, 0.05) is 18.2 Å². The van der Waals surface area contributed by atoms with E-state index in [-0.39, 0.29) is 23.9 Å². The summed E-state index contributed by atoms with van der Waals surface area (Å²) < 4.78 is 26.2. The number of thioether (sulfide) groups is 1. The molecule has 98 valence electrons. The highest BCUT2D eigenvalue weighted by Crippen LogP contribution is 2.11. The number of hydrogen-bond donors (Lipinski definition) is 2. The number of carbonyl (C=O) groups is 1. The lowest BCUT2D eigenvalue weighted by Gasteiger charge is -2.10. The summed E-state index contributed by atoms with van der Waals surface area (Å²) in [6, 6.07) is 3.16. The molecule has 1 aliphatic rings. The van der Waals surface area contributed by atoms with E-state index in [1.54, 1.807) is 11.8 Å². The molecule has 0 bridgehead atoms. The van der Waals surface area contributed by atoms with Crippen LogP contribution in [-0.4, -0.2) is 30.1 Å². The molecular weight excluding hydrogens is 258 g/mol. The molecule has 0 saturated carbocycles. The van der Waals surface area contributed by atoms with Crippen molar-refractivity contribution in [1.29, 1.82) is 0 Å². The number of nitrogens with one attached hydrogen (secondary N) is 2. The molecule has 1 unspecified atom stereocenters. The van der Waals surface area contributed by atoms with E-state index in [1.165, 1.54) is 0 Å². The molecule has 1 amide bonds. The first-order chi connectivity index (χ1) is 8.66. The Balaban J connectivity index is 1.81. The summed E-state index contributed by atoms with van der Waals surface area (Å²) in [5.41, 5.74) is 0.282. The number of benzene rings is 1. The second kappa shape index (κ2) is 6.15. The highest BCUT2D eigenvalue weighted by Gasteiger charge is 2.21. The van der Waals surface area contributed by atoms with Crippen LogP contribution in [0.5, 0.6) is 0 Å². The average molecular weight is 272 g/mol. The Morgan fingerprint density at radius 1 is 1.50 bits per heavy atom. The first-order valence-corrected chi connectivity index (χ1v) is 6.85. The molecule has 1 aliphatic heterocycles. The monoisotopic (exact) mass is 272 g/mol. The fourth-order valence-corrected chi connectivity index (χ4v) is 2.68. The van der Waals surface area contributed by atoms with Crippen molar-refractivity contribution >= 4 is 17.7 Å². The van der Waals surface area contributed by atoms with Crippen LogP contribution in [0.15, 0.2) is 18.2 Å². The Kier molecular flexibility index (Phi) is 4.54. The maximum atomic E-state index is 13.3. The van der Waals surface area contributed by atoms with Gasteiger partial charge in [0.2, 0.25) is 5.91 Å². The predicted octanol–water partition coefficient (Wildman–Crippen LogP) is 1.29. The van der Waals surface area contributed by atoms with Gasteiger partial charge in [-0.1, -0.05) is 0 Å². The van der Waals surface area contributed by atoms with Gasteiger partial charge < -0.3 is 5.32 Å². The van der Waals surface area contributed by atoms with E-state index in [9.17, 15) is 13.6 Å². The third-order valence-corrected chi connectivity index (χ3v) is 3.67. The van der Waals surface area contributed by atoms with Crippen LogP contribution in [-0.2, 0) is 11.2 Å². The Morgan fingerprint density at radius 2 is 2.33 bits per heavy atom. The number of halogens is 2. The van der Waals surface area contributed by atoms with Gasteiger partial charge in [0.25, 0.3) is 0 Å². The summed E-state index contributed by atoms with van der Waals surface area (Å²) in [6.07, 6.45) is 0.287. The number of hydrogen-bond acceptors (Lipinski definition) is 3. The Morgan fingerprint density at radius 3 is 3.06 bits per heavy atom. The molecule has 1 fully saturated rings. The van der Waals surface area contributed by atoms with Gasteiger partial charge in [-0.25, -0.2) is 8.78 Å². The van der Waals surface area contributed by atoms with Crippen molar-refractivity contribution in [1.82, 2.24) is 10.6 Å². The average Bonchev–Trinajstić information content (AvgIpc) is 2.87. The van der Waals surface area contributed by atoms with E-state index in [0.29, 0.717) is 6.54 Å². The minimum Gasteiger partial charge on any atom is -0.354 e. The molecule has 0 spiro atoms. The van der Waals surface area contributed by atoms with Gasteiger partial charge in [-0.15, -0.1) is 11.8 Å². The lowest BCUT2D eigenvalue weighted by molar-refractivity contribution is -0.122. The van der Waals surface area contributed by atoms with Crippen molar-refractivity contribution in [3.8, 4) is 0 Å². The van der Waals surface area contributed by atoms with Crippen LogP contribution in [0.4, 0.5) is 8.78 Å². The van der Waals surface area contributed by atoms with Crippen molar-refractivity contribution in [2.75, 3.05) is 18.2 Å². The van der Waals surface area contributed by atoms with Crippen LogP contribution in [0.25, 0.3) is 0 Å². The number of rotatable bonds is 4. The van der Waals surface area contributed by atoms with Crippen molar-refractivity contribution in [2.45, 2.75) is 12.5 Å². The van der Waals surface area contributed by atoms with Crippen molar-refractivity contribution in [2.24, 2.45) is 0 Å². The summed E-state index contributed by atoms with van der Waals surface area (Å²) in [6.45, 7) is 0.308. The fraction of sp³-hybridized carbons (Fsp3) is 0.417. The van der Waals surface area contributed by atoms with Crippen molar-refractivity contribution in [3.63, 3.8) is 0 Å². The van der Waals surface area contributed by atoms with Crippen LogP contribution in [0.3, 0.4) is 0 Å². The van der Waals surface area contributed by atoms with Crippen LogP contribution in [0.2, 0.25) is 0 Å². The number of amides is 1. The Bertz CT molecular complexity index is 436. The van der Waals surface area contributed by atoms with Crippen molar-refractivity contribution in [3.05, 3.63) is 35.4 Å². The number of carbonyl (C=O) groups excluding carboxylic acids is 1. The molecule has 1 aromatic rings. The van der Waals surface area contributed by atoms with E-state index in [4.69, 9.17) is 0 Å². The molecule has 2 N–H and O–H groups in total. The molecule has 6 heteroatoms. The zero-order valence-corrected chi connectivity index (χ0v) is 10.5. The van der Waals surface area contributed by atoms with Gasteiger partial charge in [-0.2, -0.15) is 0 Å². The molecule has 3 nitrogen and oxygen atoms in total. The second-order valence-electron chi connectivity index (χ2n) is 4.05. The van der Waals surface area contributed by atoms with E-state index >= 15 is 0 Å². The highest BCUT2D eigenvalue weighted by molar-refractivity contribution is 7.99. The van der Waals surface area contributed by atoms with E-state index in [0.717, 1.165) is 29.8 Å². The van der Waals surface area contributed by atoms with Gasteiger partial charge in [0.05, 0.1) is 6.04 Å². The fourth-order valence-electron chi connectivity index (χ4n) is 1.74. The van der Waals surface area contributed by atoms with Crippen LogP contribution in [0, 0.1) is 11.6 Å². The smallest absolute Gasteiger partial charge is 0.238 e. The third-order valence-electron chi connectivity index (χ3n) is 2.73. The normalized spacial score (nSPS) is 18.9. The summed E-state index contributed by atoms with van der Waals surface area (Å²) in [5, 5.41) is 5.76. The largest absolute Gasteiger partial charge is 0.354 e. The summed E-state index contributed by atoms with van der Waals surface area (Å²) in [5.74, 6) is 0.528. The van der Waals surface area contributed by atoms with E-state index in [1.807, 2.05) is 0 Å². The topological polar surface area (TPSA) is 41.1 Å². The van der Waals surface area contributed by atoms with Crippen LogP contribution < -0.4 is 10.6 Å². The minimum absolute atomic E-state index is 0.0863. The van der Waals surface area contributed by atoms with Crippen LogP contribution >= 0.6 is 11.8 Å². The van der Waals surface area contributed by atoms with E-state index < -0.39 is 11.6 Å². The van der Waals surface area contributed by atoms with Gasteiger partial charge in [-0.3, -0.25) is 10.1 Å². The molecule has 1 saturated heterocycles. The third kappa shape index (κ3) is 3.43. The van der Waals surface area contributed by atoms with Crippen LogP contribution in [0.1, 0.15) is 5.56 Å². The molecule has 0 aromatic heterocycles.